The maximum absolute atomic E-state index is 4.61. The monoisotopic (exact) mass is 291 g/mol. The molecule has 0 aliphatic heterocycles. The van der Waals surface area contributed by atoms with Crippen molar-refractivity contribution in [3.05, 3.63) is 18.2 Å². The van der Waals surface area contributed by atoms with Crippen molar-refractivity contribution in [1.82, 2.24) is 14.9 Å². The zero-order valence-electron chi connectivity index (χ0n) is 14.1. The summed E-state index contributed by atoms with van der Waals surface area (Å²) in [5.74, 6) is 3.70. The number of hydrogen-bond acceptors (Lipinski definition) is 2. The molecule has 2 atom stereocenters. The molecule has 0 spiro atoms. The van der Waals surface area contributed by atoms with Crippen LogP contribution in [0.1, 0.15) is 58.7 Å². The Kier molecular flexibility index (Phi) is 6.75. The lowest BCUT2D eigenvalue weighted by Crippen LogP contribution is -2.33. The Balaban J connectivity index is 1.90. The minimum absolute atomic E-state index is 0.746. The summed E-state index contributed by atoms with van der Waals surface area (Å²) in [7, 11) is 0. The Hall–Kier alpha value is -0.830. The number of nitrogens with zero attached hydrogens (tertiary/aromatic N) is 2. The molecule has 1 aromatic heterocycles. The molecule has 21 heavy (non-hydrogen) atoms. The van der Waals surface area contributed by atoms with Gasteiger partial charge in [0, 0.05) is 25.4 Å². The van der Waals surface area contributed by atoms with E-state index < -0.39 is 0 Å². The largest absolute Gasteiger partial charge is 0.335 e. The van der Waals surface area contributed by atoms with E-state index in [1.807, 2.05) is 6.20 Å². The fourth-order valence-electron chi connectivity index (χ4n) is 3.59. The summed E-state index contributed by atoms with van der Waals surface area (Å²) in [4.78, 5) is 4.61. The van der Waals surface area contributed by atoms with Crippen LogP contribution < -0.4 is 5.32 Å². The number of rotatable bonds is 8. The Bertz CT molecular complexity index is 397. The van der Waals surface area contributed by atoms with Gasteiger partial charge in [-0.05, 0) is 50.1 Å². The lowest BCUT2D eigenvalue weighted by atomic mass is 9.77. The maximum atomic E-state index is 4.61. The summed E-state index contributed by atoms with van der Waals surface area (Å²) in [6.07, 6.45) is 12.1. The molecular formula is C18H33N3. The summed E-state index contributed by atoms with van der Waals surface area (Å²) in [5, 5.41) is 3.68. The predicted octanol–water partition coefficient (Wildman–Crippen LogP) is 3.89. The van der Waals surface area contributed by atoms with Gasteiger partial charge in [-0.25, -0.2) is 4.98 Å². The van der Waals surface area contributed by atoms with Crippen LogP contribution in [0.25, 0.3) is 0 Å². The zero-order chi connectivity index (χ0) is 15.1. The molecule has 0 saturated heterocycles. The van der Waals surface area contributed by atoms with Crippen molar-refractivity contribution in [2.75, 3.05) is 13.1 Å². The minimum Gasteiger partial charge on any atom is -0.335 e. The number of hydrogen-bond donors (Lipinski definition) is 1. The van der Waals surface area contributed by atoms with Crippen LogP contribution in [-0.2, 0) is 13.0 Å². The molecule has 1 aliphatic rings. The molecule has 0 bridgehead atoms. The highest BCUT2D eigenvalue weighted by atomic mass is 15.1. The summed E-state index contributed by atoms with van der Waals surface area (Å²) < 4.78 is 2.35. The van der Waals surface area contributed by atoms with E-state index in [4.69, 9.17) is 0 Å². The zero-order valence-corrected chi connectivity index (χ0v) is 14.1. The van der Waals surface area contributed by atoms with Crippen LogP contribution in [0.3, 0.4) is 0 Å². The first-order valence-electron chi connectivity index (χ1n) is 8.91. The van der Waals surface area contributed by atoms with Gasteiger partial charge in [0.15, 0.2) is 0 Å². The average molecular weight is 291 g/mol. The number of aromatic nitrogens is 2. The highest BCUT2D eigenvalue weighted by Crippen LogP contribution is 2.32. The van der Waals surface area contributed by atoms with Crippen LogP contribution in [0.5, 0.6) is 0 Å². The van der Waals surface area contributed by atoms with Crippen molar-refractivity contribution < 1.29 is 0 Å². The van der Waals surface area contributed by atoms with E-state index in [0.717, 1.165) is 30.8 Å². The molecule has 1 fully saturated rings. The molecule has 2 rings (SSSR count). The normalized spacial score (nSPS) is 22.9. The number of imidazole rings is 1. The van der Waals surface area contributed by atoms with E-state index >= 15 is 0 Å². The summed E-state index contributed by atoms with van der Waals surface area (Å²) in [6, 6.07) is 0. The van der Waals surface area contributed by atoms with E-state index in [2.05, 4.69) is 41.8 Å². The lowest BCUT2D eigenvalue weighted by molar-refractivity contribution is 0.222. The van der Waals surface area contributed by atoms with Gasteiger partial charge in [-0.2, -0.15) is 0 Å². The molecule has 0 amide bonds. The van der Waals surface area contributed by atoms with Crippen LogP contribution in [0, 0.1) is 17.8 Å². The van der Waals surface area contributed by atoms with Crippen LogP contribution in [0.4, 0.5) is 0 Å². The van der Waals surface area contributed by atoms with E-state index in [-0.39, 0.29) is 0 Å². The topological polar surface area (TPSA) is 29.9 Å². The standard InChI is InChI=1S/C18H33N3/c1-4-10-21-11-9-20-18(21)12-16-7-5-6-8-17(16)14-19-13-15(2)3/h9,11,15-17,19H,4-8,10,12-14H2,1-3H3. The lowest BCUT2D eigenvalue weighted by Gasteiger charge is -2.32. The van der Waals surface area contributed by atoms with Gasteiger partial charge >= 0.3 is 0 Å². The third kappa shape index (κ3) is 5.14. The molecule has 1 saturated carbocycles. The van der Waals surface area contributed by atoms with Crippen molar-refractivity contribution >= 4 is 0 Å². The van der Waals surface area contributed by atoms with E-state index in [1.165, 1.54) is 50.9 Å². The molecule has 3 heteroatoms. The second kappa shape index (κ2) is 8.57. The first kappa shape index (κ1) is 16.5. The van der Waals surface area contributed by atoms with Gasteiger partial charge < -0.3 is 9.88 Å². The molecule has 1 aromatic rings. The molecule has 0 aromatic carbocycles. The van der Waals surface area contributed by atoms with Gasteiger partial charge in [-0.15, -0.1) is 0 Å². The quantitative estimate of drug-likeness (QED) is 0.787. The summed E-state index contributed by atoms with van der Waals surface area (Å²) >= 11 is 0. The second-order valence-corrected chi connectivity index (χ2v) is 7.10. The van der Waals surface area contributed by atoms with Crippen molar-refractivity contribution in [3.63, 3.8) is 0 Å². The summed E-state index contributed by atoms with van der Waals surface area (Å²) in [5.41, 5.74) is 0. The molecular weight excluding hydrogens is 258 g/mol. The molecule has 1 aliphatic carbocycles. The van der Waals surface area contributed by atoms with Gasteiger partial charge in [0.05, 0.1) is 0 Å². The Morgan fingerprint density at radius 2 is 2.05 bits per heavy atom. The van der Waals surface area contributed by atoms with Gasteiger partial charge in [-0.3, -0.25) is 0 Å². The highest BCUT2D eigenvalue weighted by molar-refractivity contribution is 4.96. The summed E-state index contributed by atoms with van der Waals surface area (Å²) in [6.45, 7) is 10.3. The molecule has 3 nitrogen and oxygen atoms in total. The maximum Gasteiger partial charge on any atom is 0.108 e. The van der Waals surface area contributed by atoms with Crippen molar-refractivity contribution in [3.8, 4) is 0 Å². The smallest absolute Gasteiger partial charge is 0.108 e. The van der Waals surface area contributed by atoms with E-state index in [9.17, 15) is 0 Å². The molecule has 0 radical (unpaired) electrons. The van der Waals surface area contributed by atoms with E-state index in [1.54, 1.807) is 0 Å². The van der Waals surface area contributed by atoms with Gasteiger partial charge in [0.2, 0.25) is 0 Å². The third-order valence-corrected chi connectivity index (χ3v) is 4.74. The average Bonchev–Trinajstić information content (AvgIpc) is 2.88. The molecule has 2 unspecified atom stereocenters. The van der Waals surface area contributed by atoms with Crippen LogP contribution in [-0.4, -0.2) is 22.6 Å². The fraction of sp³-hybridized carbons (Fsp3) is 0.833. The third-order valence-electron chi connectivity index (χ3n) is 4.74. The highest BCUT2D eigenvalue weighted by Gasteiger charge is 2.26. The Morgan fingerprint density at radius 3 is 2.76 bits per heavy atom. The first-order chi connectivity index (χ1) is 10.2. The molecule has 1 heterocycles. The van der Waals surface area contributed by atoms with Gasteiger partial charge in [0.1, 0.15) is 5.82 Å². The first-order valence-corrected chi connectivity index (χ1v) is 8.91. The van der Waals surface area contributed by atoms with Gasteiger partial charge in [-0.1, -0.05) is 33.6 Å². The second-order valence-electron chi connectivity index (χ2n) is 7.10. The SMILES string of the molecule is CCCn1ccnc1CC1CCCCC1CNCC(C)C. The Morgan fingerprint density at radius 1 is 1.29 bits per heavy atom. The van der Waals surface area contributed by atoms with E-state index in [0.29, 0.717) is 0 Å². The van der Waals surface area contributed by atoms with Crippen LogP contribution in [0.15, 0.2) is 12.4 Å². The molecule has 120 valence electrons. The predicted molar refractivity (Wildman–Crippen MR) is 89.4 cm³/mol. The number of aryl methyl sites for hydroxylation is 1. The molecule has 1 N–H and O–H groups in total. The van der Waals surface area contributed by atoms with Crippen molar-refractivity contribution in [2.45, 2.75) is 65.8 Å². The van der Waals surface area contributed by atoms with Crippen LogP contribution >= 0.6 is 0 Å². The van der Waals surface area contributed by atoms with Crippen molar-refractivity contribution in [2.24, 2.45) is 17.8 Å². The Labute approximate surface area is 130 Å². The van der Waals surface area contributed by atoms with Crippen LogP contribution in [0.2, 0.25) is 0 Å². The fourth-order valence-corrected chi connectivity index (χ4v) is 3.59. The van der Waals surface area contributed by atoms with Gasteiger partial charge in [0.25, 0.3) is 0 Å². The number of nitrogens with one attached hydrogen (secondary N) is 1. The minimum atomic E-state index is 0.746. The van der Waals surface area contributed by atoms with Crippen molar-refractivity contribution in [1.29, 1.82) is 0 Å².